The summed E-state index contributed by atoms with van der Waals surface area (Å²) in [7, 11) is 0. The second-order valence-electron chi connectivity index (χ2n) is 6.85. The minimum absolute atomic E-state index is 0.174. The Morgan fingerprint density at radius 2 is 1.61 bits per heavy atom. The molecule has 1 fully saturated rings. The molecular formula is C21H22N2. The Morgan fingerprint density at radius 3 is 2.35 bits per heavy atom. The zero-order valence-corrected chi connectivity index (χ0v) is 13.3. The minimum atomic E-state index is -0.570. The molecule has 2 aliphatic rings. The van der Waals surface area contributed by atoms with Crippen LogP contribution < -0.4 is 5.32 Å². The van der Waals surface area contributed by atoms with Gasteiger partial charge < -0.3 is 5.32 Å². The van der Waals surface area contributed by atoms with Gasteiger partial charge in [0.05, 0.1) is 12.1 Å². The molecule has 2 atom stereocenters. The number of fused-ring (bicyclic) bond motifs is 1. The molecule has 23 heavy (non-hydrogen) atoms. The lowest BCUT2D eigenvalue weighted by Gasteiger charge is -2.37. The molecule has 0 aromatic heterocycles. The first-order valence-corrected chi connectivity index (χ1v) is 8.69. The van der Waals surface area contributed by atoms with Crippen LogP contribution in [-0.4, -0.2) is 6.04 Å². The van der Waals surface area contributed by atoms with E-state index in [1.165, 1.54) is 32.1 Å². The maximum atomic E-state index is 10.3. The first-order valence-electron chi connectivity index (χ1n) is 8.69. The Balaban J connectivity index is 1.88. The first kappa shape index (κ1) is 14.3. The van der Waals surface area contributed by atoms with Gasteiger partial charge in [-0.25, -0.2) is 0 Å². The van der Waals surface area contributed by atoms with E-state index in [0.717, 1.165) is 16.8 Å². The van der Waals surface area contributed by atoms with E-state index in [-0.39, 0.29) is 6.04 Å². The van der Waals surface area contributed by atoms with Crippen LogP contribution in [0.25, 0.3) is 0 Å². The fourth-order valence-corrected chi connectivity index (χ4v) is 4.57. The molecule has 116 valence electrons. The number of nitrogens with zero attached hydrogens (tertiary/aromatic N) is 1. The Hall–Kier alpha value is -2.27. The van der Waals surface area contributed by atoms with E-state index < -0.39 is 5.41 Å². The summed E-state index contributed by atoms with van der Waals surface area (Å²) >= 11 is 0. The van der Waals surface area contributed by atoms with E-state index in [1.807, 2.05) is 18.2 Å². The zero-order chi connectivity index (χ0) is 15.7. The van der Waals surface area contributed by atoms with Gasteiger partial charge in [-0.15, -0.1) is 0 Å². The van der Waals surface area contributed by atoms with E-state index in [4.69, 9.17) is 0 Å². The quantitative estimate of drug-likeness (QED) is 0.859. The maximum absolute atomic E-state index is 10.3. The van der Waals surface area contributed by atoms with Crippen molar-refractivity contribution in [2.24, 2.45) is 5.92 Å². The third-order valence-corrected chi connectivity index (χ3v) is 5.66. The van der Waals surface area contributed by atoms with Crippen LogP contribution in [0.2, 0.25) is 0 Å². The molecule has 0 saturated heterocycles. The van der Waals surface area contributed by atoms with Crippen molar-refractivity contribution in [3.63, 3.8) is 0 Å². The molecule has 1 saturated carbocycles. The molecule has 0 spiro atoms. The highest BCUT2D eigenvalue weighted by Gasteiger charge is 2.51. The predicted octanol–water partition coefficient (Wildman–Crippen LogP) is 4.87. The third-order valence-electron chi connectivity index (χ3n) is 5.66. The summed E-state index contributed by atoms with van der Waals surface area (Å²) in [6.45, 7) is 0. The van der Waals surface area contributed by atoms with Crippen LogP contribution in [0.4, 0.5) is 5.69 Å². The highest BCUT2D eigenvalue weighted by Crippen LogP contribution is 2.50. The van der Waals surface area contributed by atoms with E-state index in [2.05, 4.69) is 47.8 Å². The number of hydrogen-bond acceptors (Lipinski definition) is 2. The van der Waals surface area contributed by atoms with Crippen LogP contribution in [0.15, 0.2) is 54.6 Å². The Kier molecular flexibility index (Phi) is 3.58. The lowest BCUT2D eigenvalue weighted by atomic mass is 9.66. The van der Waals surface area contributed by atoms with E-state index >= 15 is 0 Å². The standard InChI is InChI=1S/C21H22N2/c22-15-21(17-11-5-2-6-12-17)18-13-7-8-14-19(18)23-20(21)16-9-3-1-4-10-16/h2,5-8,11-14,16,20,23H,1,3-4,9-10H2/t20-,21+/m1/s1. The third kappa shape index (κ3) is 2.15. The molecule has 2 aromatic rings. The van der Waals surface area contributed by atoms with Gasteiger partial charge >= 0.3 is 0 Å². The van der Waals surface area contributed by atoms with Crippen molar-refractivity contribution in [2.75, 3.05) is 5.32 Å². The maximum Gasteiger partial charge on any atom is 0.129 e. The summed E-state index contributed by atoms with van der Waals surface area (Å²) in [5, 5.41) is 14.0. The summed E-state index contributed by atoms with van der Waals surface area (Å²) in [6, 6.07) is 21.6. The second-order valence-corrected chi connectivity index (χ2v) is 6.85. The van der Waals surface area contributed by atoms with Crippen molar-refractivity contribution in [1.82, 2.24) is 0 Å². The Bertz CT molecular complexity index is 725. The van der Waals surface area contributed by atoms with Gasteiger partial charge in [0.15, 0.2) is 0 Å². The molecular weight excluding hydrogens is 280 g/mol. The lowest BCUT2D eigenvalue weighted by Crippen LogP contribution is -2.44. The van der Waals surface area contributed by atoms with Gasteiger partial charge in [0.25, 0.3) is 0 Å². The van der Waals surface area contributed by atoms with Crippen molar-refractivity contribution < 1.29 is 0 Å². The number of hydrogen-bond donors (Lipinski definition) is 1. The van der Waals surface area contributed by atoms with Crippen molar-refractivity contribution in [3.05, 3.63) is 65.7 Å². The number of benzene rings is 2. The summed E-state index contributed by atoms with van der Waals surface area (Å²) in [4.78, 5) is 0. The van der Waals surface area contributed by atoms with Crippen LogP contribution in [0.3, 0.4) is 0 Å². The number of rotatable bonds is 2. The molecule has 0 bridgehead atoms. The van der Waals surface area contributed by atoms with E-state index in [1.54, 1.807) is 0 Å². The highest BCUT2D eigenvalue weighted by atomic mass is 15.0. The molecule has 2 nitrogen and oxygen atoms in total. The largest absolute Gasteiger partial charge is 0.379 e. The highest BCUT2D eigenvalue weighted by molar-refractivity contribution is 5.69. The number of nitrogens with one attached hydrogen (secondary N) is 1. The normalized spacial score (nSPS) is 27.0. The average molecular weight is 302 g/mol. The molecule has 4 rings (SSSR count). The number of anilines is 1. The van der Waals surface area contributed by atoms with Gasteiger partial charge in [0, 0.05) is 11.3 Å². The molecule has 0 amide bonds. The van der Waals surface area contributed by atoms with Gasteiger partial charge in [0.1, 0.15) is 5.41 Å². The average Bonchev–Trinajstić information content (AvgIpc) is 2.98. The molecule has 1 heterocycles. The van der Waals surface area contributed by atoms with Gasteiger partial charge in [-0.2, -0.15) is 5.26 Å². The van der Waals surface area contributed by atoms with E-state index in [9.17, 15) is 5.26 Å². The molecule has 1 N–H and O–H groups in total. The van der Waals surface area contributed by atoms with Crippen LogP contribution in [0, 0.1) is 17.2 Å². The molecule has 1 aliphatic heterocycles. The predicted molar refractivity (Wildman–Crippen MR) is 93.3 cm³/mol. The van der Waals surface area contributed by atoms with Crippen molar-refractivity contribution in [3.8, 4) is 6.07 Å². The Morgan fingerprint density at radius 1 is 0.913 bits per heavy atom. The first-order chi connectivity index (χ1) is 11.4. The minimum Gasteiger partial charge on any atom is -0.379 e. The van der Waals surface area contributed by atoms with E-state index in [0.29, 0.717) is 5.92 Å². The topological polar surface area (TPSA) is 35.8 Å². The Labute approximate surface area is 138 Å². The van der Waals surface area contributed by atoms with Gasteiger partial charge in [-0.05, 0) is 30.4 Å². The fourth-order valence-electron chi connectivity index (χ4n) is 4.57. The SMILES string of the molecule is N#C[C@]1(c2ccccc2)c2ccccc2N[C@@H]1C1CCCCC1. The van der Waals surface area contributed by atoms with Crippen molar-refractivity contribution in [2.45, 2.75) is 43.6 Å². The van der Waals surface area contributed by atoms with Crippen LogP contribution >= 0.6 is 0 Å². The van der Waals surface area contributed by atoms with Crippen LogP contribution in [0.5, 0.6) is 0 Å². The summed E-state index contributed by atoms with van der Waals surface area (Å²) < 4.78 is 0. The number of para-hydroxylation sites is 1. The number of nitriles is 1. The molecule has 2 aromatic carbocycles. The zero-order valence-electron chi connectivity index (χ0n) is 13.3. The summed E-state index contributed by atoms with van der Waals surface area (Å²) in [5.74, 6) is 0.566. The van der Waals surface area contributed by atoms with Gasteiger partial charge in [-0.1, -0.05) is 67.8 Å². The fraction of sp³-hybridized carbons (Fsp3) is 0.381. The molecule has 0 radical (unpaired) electrons. The molecule has 2 heteroatoms. The van der Waals surface area contributed by atoms with Crippen LogP contribution in [0.1, 0.15) is 43.2 Å². The molecule has 1 aliphatic carbocycles. The summed E-state index contributed by atoms with van der Waals surface area (Å²) in [6.07, 6.45) is 6.36. The van der Waals surface area contributed by atoms with Crippen molar-refractivity contribution in [1.29, 1.82) is 5.26 Å². The monoisotopic (exact) mass is 302 g/mol. The van der Waals surface area contributed by atoms with Crippen molar-refractivity contribution >= 4 is 5.69 Å². The molecule has 0 unspecified atom stereocenters. The van der Waals surface area contributed by atoms with Gasteiger partial charge in [0.2, 0.25) is 0 Å². The van der Waals surface area contributed by atoms with Crippen LogP contribution in [-0.2, 0) is 5.41 Å². The smallest absolute Gasteiger partial charge is 0.129 e. The van der Waals surface area contributed by atoms with Gasteiger partial charge in [-0.3, -0.25) is 0 Å². The lowest BCUT2D eigenvalue weighted by molar-refractivity contribution is 0.288. The summed E-state index contributed by atoms with van der Waals surface area (Å²) in [5.41, 5.74) is 2.83. The second kappa shape index (κ2) is 5.74.